The number of amides is 1. The van der Waals surface area contributed by atoms with Crippen LogP contribution in [-0.4, -0.2) is 39.8 Å². The summed E-state index contributed by atoms with van der Waals surface area (Å²) in [5, 5.41) is 4.02. The molecule has 174 valence electrons. The van der Waals surface area contributed by atoms with E-state index in [0.29, 0.717) is 17.8 Å². The number of ketones is 1. The molecule has 33 heavy (non-hydrogen) atoms. The maximum absolute atomic E-state index is 12.9. The van der Waals surface area contributed by atoms with Crippen LogP contribution in [0.4, 0.5) is 10.1 Å². The summed E-state index contributed by atoms with van der Waals surface area (Å²) in [5.74, 6) is -1.51. The van der Waals surface area contributed by atoms with Crippen LogP contribution >= 0.6 is 23.1 Å². The van der Waals surface area contributed by atoms with E-state index < -0.39 is 17.0 Å². The van der Waals surface area contributed by atoms with E-state index in [-0.39, 0.29) is 24.1 Å². The second-order valence-electron chi connectivity index (χ2n) is 7.49. The van der Waals surface area contributed by atoms with Crippen molar-refractivity contribution in [1.29, 1.82) is 0 Å². The molecule has 0 saturated carbocycles. The molecule has 6 nitrogen and oxygen atoms in total. The Morgan fingerprint density at radius 2 is 1.91 bits per heavy atom. The number of thiophene rings is 1. The first-order valence-electron chi connectivity index (χ1n) is 10.3. The molecule has 0 radical (unpaired) electrons. The van der Waals surface area contributed by atoms with E-state index in [1.165, 1.54) is 29.1 Å². The van der Waals surface area contributed by atoms with Crippen LogP contribution in [0.3, 0.4) is 0 Å². The second kappa shape index (κ2) is 11.3. The Bertz CT molecular complexity index is 1120. The van der Waals surface area contributed by atoms with Crippen molar-refractivity contribution >= 4 is 46.4 Å². The normalized spacial score (nSPS) is 11.8. The zero-order valence-corrected chi connectivity index (χ0v) is 20.2. The quantitative estimate of drug-likeness (QED) is 0.326. The van der Waals surface area contributed by atoms with Crippen LogP contribution in [0.5, 0.6) is 0 Å². The zero-order valence-electron chi connectivity index (χ0n) is 18.6. The topological polar surface area (TPSA) is 77.4 Å². The number of hydrogen-bond donors (Lipinski definition) is 1. The molecule has 1 amide bonds. The molecule has 0 fully saturated rings. The number of aromatic nitrogens is 1. The lowest BCUT2D eigenvalue weighted by molar-refractivity contribution is -0.141. The number of thioether (sulfide) groups is 1. The summed E-state index contributed by atoms with van der Waals surface area (Å²) in [4.78, 5) is 38.2. The van der Waals surface area contributed by atoms with Gasteiger partial charge in [0.05, 0.1) is 12.3 Å². The van der Waals surface area contributed by atoms with Crippen LogP contribution in [0.15, 0.2) is 47.8 Å². The van der Waals surface area contributed by atoms with Gasteiger partial charge in [-0.3, -0.25) is 14.4 Å². The number of nitrogens with one attached hydrogen (secondary N) is 1. The number of anilines is 1. The lowest BCUT2D eigenvalue weighted by Gasteiger charge is -2.11. The SMILES string of the molecule is Cc1cc(C(=O)COC(=O)[C@H](C)SCC(=O)Nc2ccc(F)cc2)c(C)n1Cc1cccs1. The Morgan fingerprint density at radius 1 is 1.18 bits per heavy atom. The van der Waals surface area contributed by atoms with E-state index in [1.807, 2.05) is 37.4 Å². The fraction of sp³-hybridized carbons (Fsp3) is 0.292. The highest BCUT2D eigenvalue weighted by Crippen LogP contribution is 2.20. The highest BCUT2D eigenvalue weighted by atomic mass is 32.2. The smallest absolute Gasteiger partial charge is 0.319 e. The Kier molecular flexibility index (Phi) is 8.46. The maximum Gasteiger partial charge on any atom is 0.319 e. The van der Waals surface area contributed by atoms with E-state index in [9.17, 15) is 18.8 Å². The molecule has 3 aromatic rings. The lowest BCUT2D eigenvalue weighted by atomic mass is 10.1. The van der Waals surface area contributed by atoms with Crippen molar-refractivity contribution in [1.82, 2.24) is 4.57 Å². The minimum absolute atomic E-state index is 0.0193. The first kappa shape index (κ1) is 24.7. The summed E-state index contributed by atoms with van der Waals surface area (Å²) in [6.07, 6.45) is 0. The van der Waals surface area contributed by atoms with Crippen LogP contribution in [0.25, 0.3) is 0 Å². The average molecular weight is 489 g/mol. The average Bonchev–Trinajstić information content (AvgIpc) is 3.41. The van der Waals surface area contributed by atoms with Gasteiger partial charge >= 0.3 is 5.97 Å². The summed E-state index contributed by atoms with van der Waals surface area (Å²) < 4.78 is 20.2. The highest BCUT2D eigenvalue weighted by Gasteiger charge is 2.21. The molecule has 1 atom stereocenters. The number of benzene rings is 1. The number of rotatable bonds is 10. The molecule has 0 unspecified atom stereocenters. The van der Waals surface area contributed by atoms with Gasteiger partial charge in [-0.2, -0.15) is 0 Å². The molecule has 1 aromatic carbocycles. The van der Waals surface area contributed by atoms with E-state index in [1.54, 1.807) is 18.3 Å². The van der Waals surface area contributed by atoms with Gasteiger partial charge in [0.2, 0.25) is 11.7 Å². The summed E-state index contributed by atoms with van der Waals surface area (Å²) in [5.41, 5.74) is 2.81. The second-order valence-corrected chi connectivity index (χ2v) is 9.85. The van der Waals surface area contributed by atoms with E-state index in [0.717, 1.165) is 23.1 Å². The standard InChI is InChI=1S/C24H25FN2O4S2/c1-15-11-21(16(2)27(15)12-20-5-4-10-32-20)22(28)13-31-24(30)17(3)33-14-23(29)26-19-8-6-18(25)7-9-19/h4-11,17H,12-14H2,1-3H3,(H,26,29)/t17-/m0/s1. The molecule has 0 bridgehead atoms. The minimum atomic E-state index is -0.622. The van der Waals surface area contributed by atoms with E-state index in [2.05, 4.69) is 9.88 Å². The first-order valence-corrected chi connectivity index (χ1v) is 12.2. The predicted molar refractivity (Wildman–Crippen MR) is 130 cm³/mol. The number of halogens is 1. The summed E-state index contributed by atoms with van der Waals surface area (Å²) in [6, 6.07) is 11.3. The van der Waals surface area contributed by atoms with Crippen LogP contribution in [-0.2, 0) is 20.9 Å². The maximum atomic E-state index is 12.9. The zero-order chi connectivity index (χ0) is 24.0. The molecule has 0 aliphatic rings. The molecule has 2 heterocycles. The van der Waals surface area contributed by atoms with Gasteiger partial charge in [-0.15, -0.1) is 23.1 Å². The molecule has 2 aromatic heterocycles. The van der Waals surface area contributed by atoms with Crippen LogP contribution < -0.4 is 5.32 Å². The van der Waals surface area contributed by atoms with Gasteiger partial charge in [-0.1, -0.05) is 6.07 Å². The summed E-state index contributed by atoms with van der Waals surface area (Å²) in [6.45, 7) is 5.79. The van der Waals surface area contributed by atoms with E-state index >= 15 is 0 Å². The minimum Gasteiger partial charge on any atom is -0.456 e. The number of Topliss-reactive ketones (excluding diaryl/α,β-unsaturated/α-hetero) is 1. The van der Waals surface area contributed by atoms with Crippen molar-refractivity contribution in [3.05, 3.63) is 75.5 Å². The number of nitrogens with zero attached hydrogens (tertiary/aromatic N) is 1. The van der Waals surface area contributed by atoms with Gasteiger partial charge in [0.25, 0.3) is 0 Å². The fourth-order valence-electron chi connectivity index (χ4n) is 3.22. The van der Waals surface area contributed by atoms with Crippen molar-refractivity contribution < 1.29 is 23.5 Å². The van der Waals surface area contributed by atoms with Crippen molar-refractivity contribution in [3.8, 4) is 0 Å². The molecular weight excluding hydrogens is 463 g/mol. The van der Waals surface area contributed by atoms with Crippen molar-refractivity contribution in [2.75, 3.05) is 17.7 Å². The van der Waals surface area contributed by atoms with Gasteiger partial charge in [-0.05, 0) is 62.5 Å². The Morgan fingerprint density at radius 3 is 2.58 bits per heavy atom. The monoisotopic (exact) mass is 488 g/mol. The van der Waals surface area contributed by atoms with Gasteiger partial charge < -0.3 is 14.6 Å². The molecule has 0 spiro atoms. The van der Waals surface area contributed by atoms with Crippen molar-refractivity contribution in [2.45, 2.75) is 32.6 Å². The lowest BCUT2D eigenvalue weighted by Crippen LogP contribution is -2.24. The third kappa shape index (κ3) is 6.79. The van der Waals surface area contributed by atoms with Crippen LogP contribution in [0.2, 0.25) is 0 Å². The van der Waals surface area contributed by atoms with Gasteiger partial charge in [0.1, 0.15) is 11.1 Å². The van der Waals surface area contributed by atoms with Crippen molar-refractivity contribution in [2.24, 2.45) is 0 Å². The van der Waals surface area contributed by atoms with Crippen molar-refractivity contribution in [3.63, 3.8) is 0 Å². The Labute approximate surface area is 200 Å². The predicted octanol–water partition coefficient (Wildman–Crippen LogP) is 4.84. The Hall–Kier alpha value is -2.91. The molecule has 0 aliphatic carbocycles. The van der Waals surface area contributed by atoms with Gasteiger partial charge in [0, 0.05) is 27.5 Å². The molecule has 0 aliphatic heterocycles. The largest absolute Gasteiger partial charge is 0.456 e. The number of ether oxygens (including phenoxy) is 1. The Balaban J connectivity index is 1.47. The van der Waals surface area contributed by atoms with Crippen LogP contribution in [0.1, 0.15) is 33.5 Å². The van der Waals surface area contributed by atoms with Gasteiger partial charge in [-0.25, -0.2) is 4.39 Å². The number of esters is 1. The highest BCUT2D eigenvalue weighted by molar-refractivity contribution is 8.01. The molecule has 9 heteroatoms. The molecule has 3 rings (SSSR count). The number of aryl methyl sites for hydroxylation is 1. The van der Waals surface area contributed by atoms with Crippen LogP contribution in [0, 0.1) is 19.7 Å². The molecule has 0 saturated heterocycles. The fourth-order valence-corrected chi connectivity index (χ4v) is 4.59. The summed E-state index contributed by atoms with van der Waals surface area (Å²) in [7, 11) is 0. The number of carbonyl (C=O) groups is 3. The van der Waals surface area contributed by atoms with Gasteiger partial charge in [0.15, 0.2) is 6.61 Å². The third-order valence-electron chi connectivity index (χ3n) is 5.04. The third-order valence-corrected chi connectivity index (χ3v) is 7.02. The molecule has 1 N–H and O–H groups in total. The number of carbonyl (C=O) groups excluding carboxylic acids is 3. The molecular formula is C24H25FN2O4S2. The first-order chi connectivity index (χ1) is 15.7. The summed E-state index contributed by atoms with van der Waals surface area (Å²) >= 11 is 2.76. The van der Waals surface area contributed by atoms with E-state index in [4.69, 9.17) is 4.74 Å². The number of hydrogen-bond acceptors (Lipinski definition) is 6.